The third-order valence-electron chi connectivity index (χ3n) is 5.13. The number of amides is 3. The Morgan fingerprint density at radius 2 is 1.91 bits per heavy atom. The van der Waals surface area contributed by atoms with Gasteiger partial charge in [0.1, 0.15) is 17.3 Å². The average Bonchev–Trinajstić information content (AvgIpc) is 3.05. The quantitative estimate of drug-likeness (QED) is 0.345. The van der Waals surface area contributed by atoms with Crippen molar-refractivity contribution in [1.82, 2.24) is 4.90 Å². The molecule has 0 spiro atoms. The summed E-state index contributed by atoms with van der Waals surface area (Å²) in [5.41, 5.74) is 0.641. The monoisotopic (exact) mass is 476 g/mol. The molecule has 2 aromatic carbocycles. The minimum Gasteiger partial charge on any atom is -0.493 e. The van der Waals surface area contributed by atoms with E-state index >= 15 is 0 Å². The van der Waals surface area contributed by atoms with Crippen LogP contribution in [0.3, 0.4) is 0 Å². The first kappa shape index (κ1) is 24.2. The summed E-state index contributed by atoms with van der Waals surface area (Å²) in [6.07, 6.45) is -0.0274. The lowest BCUT2D eigenvalue weighted by Gasteiger charge is -2.27. The molecule has 11 heteroatoms. The highest BCUT2D eigenvalue weighted by molar-refractivity contribution is 7.72. The van der Waals surface area contributed by atoms with Crippen molar-refractivity contribution in [3.63, 3.8) is 0 Å². The fourth-order valence-electron chi connectivity index (χ4n) is 3.72. The molecule has 0 bridgehead atoms. The number of carbonyl (C=O) groups excluding carboxylic acids is 3. The molecule has 1 heterocycles. The van der Waals surface area contributed by atoms with Crippen LogP contribution in [0.5, 0.6) is 11.5 Å². The van der Waals surface area contributed by atoms with Crippen LogP contribution in [0, 0.1) is 0 Å². The standard InChI is InChI=1S/C22H24N2O8S/c1-3-32-18-11-13(7-8-17(18)31-2)16(9-10-33(29)30)24-21(27)14-5-4-6-15(20(14)22(24)28)23-19(26)12-25/h4-8,11,16,25,33H,3,9-10,12H2,1-2H3,(H,23,26). The zero-order valence-corrected chi connectivity index (χ0v) is 19.0. The Morgan fingerprint density at radius 3 is 2.55 bits per heavy atom. The molecule has 10 nitrogen and oxygen atoms in total. The lowest BCUT2D eigenvalue weighted by atomic mass is 10.0. The number of ether oxygens (including phenoxy) is 2. The van der Waals surface area contributed by atoms with Gasteiger partial charge in [0.05, 0.1) is 36.6 Å². The molecule has 33 heavy (non-hydrogen) atoms. The van der Waals surface area contributed by atoms with Gasteiger partial charge in [-0.2, -0.15) is 0 Å². The zero-order valence-electron chi connectivity index (χ0n) is 18.1. The van der Waals surface area contributed by atoms with Gasteiger partial charge in [0.15, 0.2) is 11.5 Å². The molecule has 2 N–H and O–H groups in total. The molecule has 1 atom stereocenters. The van der Waals surface area contributed by atoms with E-state index in [-0.39, 0.29) is 29.0 Å². The largest absolute Gasteiger partial charge is 0.493 e. The number of nitrogens with zero attached hydrogens (tertiary/aromatic N) is 1. The third-order valence-corrected chi connectivity index (χ3v) is 5.76. The van der Waals surface area contributed by atoms with Gasteiger partial charge in [-0.15, -0.1) is 0 Å². The molecule has 0 saturated heterocycles. The van der Waals surface area contributed by atoms with E-state index in [1.165, 1.54) is 25.3 Å². The number of benzene rings is 2. The summed E-state index contributed by atoms with van der Waals surface area (Å²) in [7, 11) is -1.28. The number of methoxy groups -OCH3 is 1. The molecule has 0 fully saturated rings. The average molecular weight is 477 g/mol. The van der Waals surface area contributed by atoms with Crippen molar-refractivity contribution in [3.8, 4) is 11.5 Å². The Bertz CT molecular complexity index is 1150. The molecule has 0 radical (unpaired) electrons. The number of hydrogen-bond acceptors (Lipinski definition) is 8. The number of thiol groups is 1. The molecule has 1 aliphatic rings. The van der Waals surface area contributed by atoms with E-state index in [9.17, 15) is 22.8 Å². The Balaban J connectivity index is 2.07. The minimum atomic E-state index is -2.76. The van der Waals surface area contributed by atoms with Crippen molar-refractivity contribution < 1.29 is 37.4 Å². The normalized spacial score (nSPS) is 13.8. The van der Waals surface area contributed by atoms with Gasteiger partial charge < -0.3 is 19.9 Å². The number of rotatable bonds is 10. The van der Waals surface area contributed by atoms with Crippen molar-refractivity contribution in [2.45, 2.75) is 19.4 Å². The van der Waals surface area contributed by atoms with Crippen LogP contribution in [0.1, 0.15) is 45.7 Å². The second-order valence-electron chi connectivity index (χ2n) is 7.12. The molecule has 3 amide bonds. The maximum atomic E-state index is 13.4. The van der Waals surface area contributed by atoms with Gasteiger partial charge in [0, 0.05) is 5.75 Å². The number of aliphatic hydroxyl groups excluding tert-OH is 1. The second-order valence-corrected chi connectivity index (χ2v) is 8.23. The van der Waals surface area contributed by atoms with Crippen LogP contribution in [-0.2, 0) is 15.5 Å². The van der Waals surface area contributed by atoms with E-state index in [1.54, 1.807) is 25.1 Å². The number of anilines is 1. The third kappa shape index (κ3) is 4.99. The second kappa shape index (κ2) is 10.5. The number of aliphatic hydroxyl groups is 1. The Kier molecular flexibility index (Phi) is 7.67. The fraction of sp³-hybridized carbons (Fsp3) is 0.318. The first-order valence-electron chi connectivity index (χ1n) is 10.2. The highest BCUT2D eigenvalue weighted by Crippen LogP contribution is 2.39. The zero-order chi connectivity index (χ0) is 24.1. The van der Waals surface area contributed by atoms with Crippen LogP contribution in [0.25, 0.3) is 0 Å². The first-order chi connectivity index (χ1) is 15.8. The summed E-state index contributed by atoms with van der Waals surface area (Å²) in [4.78, 5) is 39.3. The maximum Gasteiger partial charge on any atom is 0.264 e. The van der Waals surface area contributed by atoms with Gasteiger partial charge in [-0.1, -0.05) is 12.1 Å². The summed E-state index contributed by atoms with van der Waals surface area (Å²) < 4.78 is 33.6. The lowest BCUT2D eigenvalue weighted by Crippen LogP contribution is -2.35. The SMILES string of the molecule is CCOc1cc(C(CC[SH](=O)=O)N2C(=O)c3cccc(NC(=O)CO)c3C2=O)ccc1OC. The topological polar surface area (TPSA) is 139 Å². The number of hydrogen-bond donors (Lipinski definition) is 3. The number of imide groups is 1. The molecular weight excluding hydrogens is 452 g/mol. The number of carbonyl (C=O) groups is 3. The molecule has 176 valence electrons. The van der Waals surface area contributed by atoms with E-state index in [0.29, 0.717) is 23.7 Å². The molecule has 0 saturated carbocycles. The highest BCUT2D eigenvalue weighted by atomic mass is 32.2. The highest BCUT2D eigenvalue weighted by Gasteiger charge is 2.42. The molecule has 0 aliphatic carbocycles. The van der Waals surface area contributed by atoms with Crippen molar-refractivity contribution >= 4 is 34.1 Å². The van der Waals surface area contributed by atoms with Crippen molar-refractivity contribution in [2.75, 3.05) is 31.4 Å². The summed E-state index contributed by atoms with van der Waals surface area (Å²) in [5.74, 6) is -1.44. The van der Waals surface area contributed by atoms with E-state index in [1.807, 2.05) is 0 Å². The Morgan fingerprint density at radius 1 is 1.15 bits per heavy atom. The van der Waals surface area contributed by atoms with E-state index in [4.69, 9.17) is 14.6 Å². The predicted octanol–water partition coefficient (Wildman–Crippen LogP) is 1.36. The predicted molar refractivity (Wildman–Crippen MR) is 119 cm³/mol. The molecule has 0 aromatic heterocycles. The molecule has 3 rings (SSSR count). The maximum absolute atomic E-state index is 13.4. The fourth-order valence-corrected chi connectivity index (χ4v) is 4.18. The van der Waals surface area contributed by atoms with Crippen molar-refractivity contribution in [2.24, 2.45) is 0 Å². The van der Waals surface area contributed by atoms with Crippen LogP contribution < -0.4 is 14.8 Å². The van der Waals surface area contributed by atoms with Crippen molar-refractivity contribution in [1.29, 1.82) is 0 Å². The smallest absolute Gasteiger partial charge is 0.264 e. The van der Waals surface area contributed by atoms with Gasteiger partial charge in [-0.3, -0.25) is 19.3 Å². The van der Waals surface area contributed by atoms with Gasteiger partial charge in [-0.25, -0.2) is 8.42 Å². The number of nitrogens with one attached hydrogen (secondary N) is 1. The summed E-state index contributed by atoms with van der Waals surface area (Å²) in [6, 6.07) is 8.38. The summed E-state index contributed by atoms with van der Waals surface area (Å²) >= 11 is 0. The molecular formula is C22H24N2O8S. The van der Waals surface area contributed by atoms with Crippen molar-refractivity contribution in [3.05, 3.63) is 53.1 Å². The van der Waals surface area contributed by atoms with Gasteiger partial charge in [-0.05, 0) is 43.2 Å². The number of fused-ring (bicyclic) bond motifs is 1. The van der Waals surface area contributed by atoms with E-state index in [0.717, 1.165) is 4.90 Å². The minimum absolute atomic E-state index is 0.0145. The van der Waals surface area contributed by atoms with Crippen LogP contribution in [0.15, 0.2) is 36.4 Å². The van der Waals surface area contributed by atoms with E-state index < -0.39 is 41.1 Å². The van der Waals surface area contributed by atoms with Crippen LogP contribution >= 0.6 is 0 Å². The Labute approximate surface area is 192 Å². The molecule has 1 unspecified atom stereocenters. The van der Waals surface area contributed by atoms with Gasteiger partial charge in [0.25, 0.3) is 11.8 Å². The van der Waals surface area contributed by atoms with E-state index in [2.05, 4.69) is 5.32 Å². The van der Waals surface area contributed by atoms with Gasteiger partial charge in [0.2, 0.25) is 5.91 Å². The molecule has 2 aromatic rings. The summed E-state index contributed by atoms with van der Waals surface area (Å²) in [6.45, 7) is 1.34. The first-order valence-corrected chi connectivity index (χ1v) is 11.5. The van der Waals surface area contributed by atoms with Crippen LogP contribution in [-0.4, -0.2) is 62.2 Å². The van der Waals surface area contributed by atoms with Gasteiger partial charge >= 0.3 is 0 Å². The summed E-state index contributed by atoms with van der Waals surface area (Å²) in [5, 5.41) is 11.4. The lowest BCUT2D eigenvalue weighted by molar-refractivity contribution is -0.118. The van der Waals surface area contributed by atoms with Crippen LogP contribution in [0.4, 0.5) is 5.69 Å². The molecule has 1 aliphatic heterocycles. The Hall–Kier alpha value is -3.44. The van der Waals surface area contributed by atoms with Crippen LogP contribution in [0.2, 0.25) is 0 Å².